The highest BCUT2D eigenvalue weighted by Gasteiger charge is 2.12. The molecule has 4 heteroatoms. The van der Waals surface area contributed by atoms with Crippen molar-refractivity contribution in [1.29, 1.82) is 0 Å². The van der Waals surface area contributed by atoms with Gasteiger partial charge in [-0.05, 0) is 32.0 Å². The summed E-state index contributed by atoms with van der Waals surface area (Å²) in [6, 6.07) is 6.08. The topological polar surface area (TPSA) is 42.1 Å². The number of anilines is 2. The maximum Gasteiger partial charge on any atom is 0.0745 e. The van der Waals surface area contributed by atoms with Crippen molar-refractivity contribution in [2.24, 2.45) is 0 Å². The molecule has 0 saturated heterocycles. The van der Waals surface area contributed by atoms with E-state index in [4.69, 9.17) is 5.73 Å². The lowest BCUT2D eigenvalue weighted by Gasteiger charge is -2.24. The Bertz CT molecular complexity index is 530. The number of rotatable bonds is 3. The van der Waals surface area contributed by atoms with E-state index in [-0.39, 0.29) is 0 Å². The molecule has 1 aromatic heterocycles. The van der Waals surface area contributed by atoms with E-state index in [0.717, 1.165) is 39.8 Å². The molecule has 0 aliphatic rings. The molecule has 0 spiro atoms. The number of pyridine rings is 1. The minimum Gasteiger partial charge on any atom is -0.396 e. The molecular formula is C13H16BrN3. The monoisotopic (exact) mass is 293 g/mol. The molecule has 0 amide bonds. The minimum atomic E-state index is 0.735. The number of nitrogen functional groups attached to an aromatic ring is 1. The van der Waals surface area contributed by atoms with Gasteiger partial charge in [-0.25, -0.2) is 0 Å². The molecular weight excluding hydrogens is 278 g/mol. The van der Waals surface area contributed by atoms with Crippen LogP contribution in [0, 0.1) is 0 Å². The fourth-order valence-electron chi connectivity index (χ4n) is 2.06. The van der Waals surface area contributed by atoms with Gasteiger partial charge in [0.2, 0.25) is 0 Å². The van der Waals surface area contributed by atoms with Crippen LogP contribution in [0.3, 0.4) is 0 Å². The van der Waals surface area contributed by atoms with E-state index < -0.39 is 0 Å². The molecule has 2 N–H and O–H groups in total. The van der Waals surface area contributed by atoms with Gasteiger partial charge in [-0.1, -0.05) is 15.9 Å². The van der Waals surface area contributed by atoms with Crippen LogP contribution in [0.5, 0.6) is 0 Å². The Balaban J connectivity index is 2.73. The highest BCUT2D eigenvalue weighted by atomic mass is 79.9. The number of halogens is 1. The largest absolute Gasteiger partial charge is 0.396 e. The number of hydrogen-bond donors (Lipinski definition) is 1. The summed E-state index contributed by atoms with van der Waals surface area (Å²) in [5.41, 5.74) is 8.87. The van der Waals surface area contributed by atoms with Gasteiger partial charge in [0, 0.05) is 22.9 Å². The molecule has 0 bridgehead atoms. The summed E-state index contributed by atoms with van der Waals surface area (Å²) in [5.74, 6) is 0. The second kappa shape index (κ2) is 4.92. The first kappa shape index (κ1) is 12.2. The number of fused-ring (bicyclic) bond motifs is 1. The minimum absolute atomic E-state index is 0.735. The molecule has 3 nitrogen and oxygen atoms in total. The number of hydrogen-bond acceptors (Lipinski definition) is 3. The van der Waals surface area contributed by atoms with Crippen LogP contribution < -0.4 is 10.6 Å². The van der Waals surface area contributed by atoms with Gasteiger partial charge in [-0.15, -0.1) is 0 Å². The number of nitrogens with two attached hydrogens (primary N) is 1. The zero-order chi connectivity index (χ0) is 12.4. The molecule has 0 radical (unpaired) electrons. The van der Waals surface area contributed by atoms with E-state index in [1.165, 1.54) is 0 Å². The van der Waals surface area contributed by atoms with Gasteiger partial charge in [-0.3, -0.25) is 4.98 Å². The Morgan fingerprint density at radius 3 is 2.65 bits per heavy atom. The van der Waals surface area contributed by atoms with Crippen LogP contribution >= 0.6 is 15.9 Å². The van der Waals surface area contributed by atoms with Gasteiger partial charge in [-0.2, -0.15) is 0 Å². The lowest BCUT2D eigenvalue weighted by atomic mass is 10.1. The molecule has 1 heterocycles. The predicted molar refractivity (Wildman–Crippen MR) is 77.4 cm³/mol. The quantitative estimate of drug-likeness (QED) is 0.943. The van der Waals surface area contributed by atoms with Crippen LogP contribution in [0.4, 0.5) is 11.4 Å². The Morgan fingerprint density at radius 2 is 2.00 bits per heavy atom. The molecule has 0 atom stereocenters. The molecule has 2 rings (SSSR count). The first-order chi connectivity index (χ1) is 8.17. The van der Waals surface area contributed by atoms with Crippen molar-refractivity contribution in [3.63, 3.8) is 0 Å². The molecule has 1 aromatic carbocycles. The Kier molecular flexibility index (Phi) is 3.52. The van der Waals surface area contributed by atoms with Crippen LogP contribution in [0.2, 0.25) is 0 Å². The predicted octanol–water partition coefficient (Wildman–Crippen LogP) is 3.43. The van der Waals surface area contributed by atoms with Crippen molar-refractivity contribution in [1.82, 2.24) is 4.98 Å². The summed E-state index contributed by atoms with van der Waals surface area (Å²) in [7, 11) is 0. The second-order valence-electron chi connectivity index (χ2n) is 3.90. The molecule has 17 heavy (non-hydrogen) atoms. The lowest BCUT2D eigenvalue weighted by molar-refractivity contribution is 0.871. The highest BCUT2D eigenvalue weighted by Crippen LogP contribution is 2.32. The van der Waals surface area contributed by atoms with Gasteiger partial charge < -0.3 is 10.6 Å². The number of nitrogens with zero attached hydrogens (tertiary/aromatic N) is 2. The zero-order valence-electron chi connectivity index (χ0n) is 10.1. The SMILES string of the molecule is CCN(CC)c1c(N)cnc2ccc(Br)cc12. The Hall–Kier alpha value is -1.29. The van der Waals surface area contributed by atoms with Crippen LogP contribution in [0.15, 0.2) is 28.9 Å². The second-order valence-corrected chi connectivity index (χ2v) is 4.81. The van der Waals surface area contributed by atoms with Crippen molar-refractivity contribution in [2.45, 2.75) is 13.8 Å². The van der Waals surface area contributed by atoms with Crippen LogP contribution in [-0.2, 0) is 0 Å². The summed E-state index contributed by atoms with van der Waals surface area (Å²) >= 11 is 3.50. The summed E-state index contributed by atoms with van der Waals surface area (Å²) in [5, 5.41) is 1.10. The van der Waals surface area contributed by atoms with E-state index in [2.05, 4.69) is 45.7 Å². The summed E-state index contributed by atoms with van der Waals surface area (Å²) in [4.78, 5) is 6.62. The molecule has 0 unspecified atom stereocenters. The van der Waals surface area contributed by atoms with Crippen LogP contribution in [0.25, 0.3) is 10.9 Å². The maximum atomic E-state index is 6.07. The number of benzene rings is 1. The summed E-state index contributed by atoms with van der Waals surface area (Å²) in [6.07, 6.45) is 1.74. The third kappa shape index (κ3) is 2.22. The van der Waals surface area contributed by atoms with Crippen molar-refractivity contribution in [3.8, 4) is 0 Å². The van der Waals surface area contributed by atoms with Crippen molar-refractivity contribution < 1.29 is 0 Å². The average molecular weight is 294 g/mol. The molecule has 0 aliphatic heterocycles. The van der Waals surface area contributed by atoms with Gasteiger partial charge in [0.1, 0.15) is 0 Å². The normalized spacial score (nSPS) is 10.8. The van der Waals surface area contributed by atoms with Gasteiger partial charge in [0.05, 0.1) is 23.1 Å². The molecule has 0 saturated carbocycles. The fraction of sp³-hybridized carbons (Fsp3) is 0.308. The van der Waals surface area contributed by atoms with Crippen molar-refractivity contribution >= 4 is 38.2 Å². The van der Waals surface area contributed by atoms with Gasteiger partial charge in [0.15, 0.2) is 0 Å². The van der Waals surface area contributed by atoms with Crippen LogP contribution in [0.1, 0.15) is 13.8 Å². The first-order valence-electron chi connectivity index (χ1n) is 5.76. The van der Waals surface area contributed by atoms with E-state index in [0.29, 0.717) is 0 Å². The van der Waals surface area contributed by atoms with Crippen molar-refractivity contribution in [3.05, 3.63) is 28.9 Å². The van der Waals surface area contributed by atoms with E-state index in [1.54, 1.807) is 6.20 Å². The lowest BCUT2D eigenvalue weighted by Crippen LogP contribution is -2.23. The van der Waals surface area contributed by atoms with Gasteiger partial charge in [0.25, 0.3) is 0 Å². The maximum absolute atomic E-state index is 6.07. The summed E-state index contributed by atoms with van der Waals surface area (Å²) in [6.45, 7) is 6.14. The molecule has 2 aromatic rings. The van der Waals surface area contributed by atoms with Gasteiger partial charge >= 0.3 is 0 Å². The zero-order valence-corrected chi connectivity index (χ0v) is 11.7. The van der Waals surface area contributed by atoms with E-state index in [1.807, 2.05) is 12.1 Å². The molecule has 0 fully saturated rings. The molecule has 0 aliphatic carbocycles. The fourth-order valence-corrected chi connectivity index (χ4v) is 2.42. The number of aromatic nitrogens is 1. The van der Waals surface area contributed by atoms with Crippen LogP contribution in [-0.4, -0.2) is 18.1 Å². The summed E-state index contributed by atoms with van der Waals surface area (Å²) < 4.78 is 1.05. The first-order valence-corrected chi connectivity index (χ1v) is 6.55. The third-order valence-corrected chi connectivity index (χ3v) is 3.40. The highest BCUT2D eigenvalue weighted by molar-refractivity contribution is 9.10. The van der Waals surface area contributed by atoms with E-state index >= 15 is 0 Å². The molecule has 90 valence electrons. The Morgan fingerprint density at radius 1 is 1.29 bits per heavy atom. The average Bonchev–Trinajstić information content (AvgIpc) is 2.33. The third-order valence-electron chi connectivity index (χ3n) is 2.91. The standard InChI is InChI=1S/C13H16BrN3/c1-3-17(4-2)13-10-7-9(14)5-6-12(10)16-8-11(13)15/h5-8H,3-4,15H2,1-2H3. The van der Waals surface area contributed by atoms with Crippen molar-refractivity contribution in [2.75, 3.05) is 23.7 Å². The smallest absolute Gasteiger partial charge is 0.0745 e. The Labute approximate surface area is 110 Å². The van der Waals surface area contributed by atoms with E-state index in [9.17, 15) is 0 Å².